The van der Waals surface area contributed by atoms with Crippen LogP contribution in [0.25, 0.3) is 0 Å². The first kappa shape index (κ1) is 37.7. The van der Waals surface area contributed by atoms with E-state index in [-0.39, 0.29) is 53.0 Å². The van der Waals surface area contributed by atoms with Crippen LogP contribution < -0.4 is 0 Å². The van der Waals surface area contributed by atoms with E-state index in [1.807, 2.05) is 62.3 Å². The quantitative estimate of drug-likeness (QED) is 0.501. The van der Waals surface area contributed by atoms with Crippen LogP contribution in [0.3, 0.4) is 0 Å². The van der Waals surface area contributed by atoms with Crippen molar-refractivity contribution in [3.05, 3.63) is 0 Å². The summed E-state index contributed by atoms with van der Waals surface area (Å²) < 4.78 is 0. The molecule has 3 nitrogen and oxygen atoms in total. The van der Waals surface area contributed by atoms with Crippen molar-refractivity contribution in [1.29, 1.82) is 0 Å². The Hall–Kier alpha value is 1.01. The molecule has 0 aromatic carbocycles. The maximum absolute atomic E-state index is 9.44. The SMILES string of the molecule is CCC(O)(CC)CC.CCC(O)(CC)CC.CCC(O)(CC)CC.[AlH].[Li]. The van der Waals surface area contributed by atoms with Crippen LogP contribution in [-0.4, -0.2) is 68.3 Å². The number of hydrogen-bond donors (Lipinski definition) is 3. The van der Waals surface area contributed by atoms with Gasteiger partial charge >= 0.3 is 0 Å². The minimum absolute atomic E-state index is 0. The average molecular weight is 384 g/mol. The fourth-order valence-corrected chi connectivity index (χ4v) is 2.25. The van der Waals surface area contributed by atoms with Gasteiger partial charge in [0.15, 0.2) is 0 Å². The molecule has 5 heteroatoms. The fourth-order valence-electron chi connectivity index (χ4n) is 2.25. The molecule has 0 rings (SSSR count). The summed E-state index contributed by atoms with van der Waals surface area (Å²) in [5.74, 6) is 0. The summed E-state index contributed by atoms with van der Waals surface area (Å²) in [7, 11) is 0. The largest absolute Gasteiger partial charge is 0.390 e. The molecule has 0 fully saturated rings. The first-order valence-corrected chi connectivity index (χ1v) is 10.2. The Labute approximate surface area is 188 Å². The van der Waals surface area contributed by atoms with Gasteiger partial charge in [-0.15, -0.1) is 0 Å². The summed E-state index contributed by atoms with van der Waals surface area (Å²) in [6.07, 6.45) is 7.88. The van der Waals surface area contributed by atoms with Crippen LogP contribution in [0.4, 0.5) is 0 Å². The van der Waals surface area contributed by atoms with Crippen LogP contribution in [0.1, 0.15) is 120 Å². The van der Waals surface area contributed by atoms with Gasteiger partial charge in [-0.2, -0.15) is 0 Å². The van der Waals surface area contributed by atoms with Gasteiger partial charge in [0.25, 0.3) is 0 Å². The molecule has 0 aliphatic heterocycles. The van der Waals surface area contributed by atoms with E-state index >= 15 is 0 Å². The second kappa shape index (κ2) is 20.7. The van der Waals surface area contributed by atoms with Crippen molar-refractivity contribution in [2.24, 2.45) is 0 Å². The van der Waals surface area contributed by atoms with Crippen molar-refractivity contribution < 1.29 is 15.3 Å². The second-order valence-corrected chi connectivity index (χ2v) is 6.86. The molecule has 0 heterocycles. The van der Waals surface area contributed by atoms with Crippen molar-refractivity contribution in [1.82, 2.24) is 0 Å². The Morgan fingerprint density at radius 2 is 0.462 bits per heavy atom. The summed E-state index contributed by atoms with van der Waals surface area (Å²) in [4.78, 5) is 0. The third kappa shape index (κ3) is 18.4. The minimum Gasteiger partial charge on any atom is -0.390 e. The van der Waals surface area contributed by atoms with Crippen molar-refractivity contribution in [3.8, 4) is 0 Å². The minimum atomic E-state index is -0.375. The molecule has 0 spiro atoms. The molecule has 0 aromatic rings. The molecule has 0 saturated heterocycles. The predicted molar refractivity (Wildman–Crippen MR) is 120 cm³/mol. The van der Waals surface area contributed by atoms with Crippen molar-refractivity contribution in [2.45, 2.75) is 137 Å². The summed E-state index contributed by atoms with van der Waals surface area (Å²) >= 11 is 0. The molecule has 0 atom stereocenters. The third-order valence-electron chi connectivity index (χ3n) is 5.92. The first-order chi connectivity index (χ1) is 11.0. The van der Waals surface area contributed by atoms with Gasteiger partial charge in [-0.05, 0) is 57.8 Å². The third-order valence-corrected chi connectivity index (χ3v) is 5.92. The molecule has 26 heavy (non-hydrogen) atoms. The van der Waals surface area contributed by atoms with Gasteiger partial charge in [0.05, 0.1) is 34.2 Å². The smallest absolute Gasteiger partial charge is 0.0854 e. The normalized spacial score (nSPS) is 11.1. The van der Waals surface area contributed by atoms with Crippen LogP contribution in [0.2, 0.25) is 0 Å². The van der Waals surface area contributed by atoms with E-state index in [4.69, 9.17) is 0 Å². The van der Waals surface area contributed by atoms with Crippen molar-refractivity contribution in [3.63, 3.8) is 0 Å². The summed E-state index contributed by atoms with van der Waals surface area (Å²) in [5, 5.41) is 28.3. The van der Waals surface area contributed by atoms with Gasteiger partial charge in [0, 0.05) is 18.9 Å². The maximum Gasteiger partial charge on any atom is 0.0854 e. The molecule has 0 aliphatic rings. The molecular weight excluding hydrogens is 334 g/mol. The zero-order chi connectivity index (χ0) is 19.9. The van der Waals surface area contributed by atoms with Crippen LogP contribution in [0, 0.1) is 0 Å². The zero-order valence-corrected chi connectivity index (χ0v) is 21.3. The van der Waals surface area contributed by atoms with E-state index in [1.54, 1.807) is 0 Å². The molecule has 0 aliphatic carbocycles. The van der Waals surface area contributed by atoms with E-state index in [0.29, 0.717) is 0 Å². The Kier molecular flexibility index (Phi) is 30.1. The summed E-state index contributed by atoms with van der Waals surface area (Å²) in [6.45, 7) is 18.2. The molecular formula is C21H49AlLiO3. The van der Waals surface area contributed by atoms with Crippen LogP contribution in [0.15, 0.2) is 0 Å². The standard InChI is InChI=1S/3C7H16O.Al.Li.H/c3*1-4-7(8,5-2)6-3;;;/h3*8H,4-6H2,1-3H3;;;. The second-order valence-electron chi connectivity index (χ2n) is 6.86. The van der Waals surface area contributed by atoms with Crippen molar-refractivity contribution >= 4 is 36.2 Å². The molecule has 0 unspecified atom stereocenters. The van der Waals surface area contributed by atoms with E-state index < -0.39 is 0 Å². The van der Waals surface area contributed by atoms with Gasteiger partial charge in [-0.25, -0.2) is 0 Å². The first-order valence-electron chi connectivity index (χ1n) is 10.2. The maximum atomic E-state index is 9.44. The van der Waals surface area contributed by atoms with Gasteiger partial charge in [-0.1, -0.05) is 62.3 Å². The van der Waals surface area contributed by atoms with E-state index in [1.165, 1.54) is 0 Å². The van der Waals surface area contributed by atoms with Crippen molar-refractivity contribution in [2.75, 3.05) is 0 Å². The van der Waals surface area contributed by atoms with Crippen LogP contribution >= 0.6 is 0 Å². The predicted octanol–water partition coefficient (Wildman–Crippen LogP) is 4.81. The number of rotatable bonds is 9. The van der Waals surface area contributed by atoms with Gasteiger partial charge in [0.1, 0.15) is 0 Å². The Morgan fingerprint density at radius 3 is 0.462 bits per heavy atom. The van der Waals surface area contributed by atoms with E-state index in [9.17, 15) is 15.3 Å². The average Bonchev–Trinajstić information content (AvgIpc) is 2.67. The molecule has 0 saturated carbocycles. The van der Waals surface area contributed by atoms with Gasteiger partial charge in [0.2, 0.25) is 0 Å². The van der Waals surface area contributed by atoms with Gasteiger partial charge < -0.3 is 15.3 Å². The molecule has 0 bridgehead atoms. The topological polar surface area (TPSA) is 60.7 Å². The van der Waals surface area contributed by atoms with Gasteiger partial charge in [-0.3, -0.25) is 0 Å². The summed E-state index contributed by atoms with van der Waals surface area (Å²) in [5.41, 5.74) is -1.12. The monoisotopic (exact) mass is 383 g/mol. The van der Waals surface area contributed by atoms with Crippen LogP contribution in [-0.2, 0) is 0 Å². The number of aliphatic hydroxyl groups is 3. The molecule has 3 N–H and O–H groups in total. The van der Waals surface area contributed by atoms with Crippen LogP contribution in [0.5, 0.6) is 0 Å². The Morgan fingerprint density at radius 1 is 0.385 bits per heavy atom. The Bertz CT molecular complexity index is 196. The molecule has 0 aromatic heterocycles. The molecule has 3 radical (unpaired) electrons. The zero-order valence-electron chi connectivity index (χ0n) is 19.9. The molecule has 155 valence electrons. The summed E-state index contributed by atoms with van der Waals surface area (Å²) in [6, 6.07) is 0. The molecule has 0 amide bonds. The fraction of sp³-hybridized carbons (Fsp3) is 1.00. The number of hydrogen-bond acceptors (Lipinski definition) is 3. The van der Waals surface area contributed by atoms with E-state index in [2.05, 4.69) is 0 Å². The van der Waals surface area contributed by atoms with E-state index in [0.717, 1.165) is 57.8 Å². The Balaban J connectivity index is -0.0000000817.